The van der Waals surface area contributed by atoms with Crippen LogP contribution in [0, 0.1) is 19.3 Å². The monoisotopic (exact) mass is 618 g/mol. The summed E-state index contributed by atoms with van der Waals surface area (Å²) < 4.78 is 66.1. The van der Waals surface area contributed by atoms with Crippen LogP contribution in [0.25, 0.3) is 0 Å². The highest BCUT2D eigenvalue weighted by Crippen LogP contribution is 2.49. The smallest absolute Gasteiger partial charge is 0.387 e. The van der Waals surface area contributed by atoms with Crippen molar-refractivity contribution in [3.05, 3.63) is 75.7 Å². The van der Waals surface area contributed by atoms with E-state index in [9.17, 15) is 17.2 Å². The van der Waals surface area contributed by atoms with E-state index in [4.69, 9.17) is 20.7 Å². The number of ether oxygens (including phenoxy) is 2. The molecule has 42 heavy (non-hydrogen) atoms. The Morgan fingerprint density at radius 2 is 1.93 bits per heavy atom. The van der Waals surface area contributed by atoms with Crippen molar-refractivity contribution in [3.8, 4) is 18.1 Å². The second-order valence-corrected chi connectivity index (χ2v) is 13.2. The number of hydrogen-bond donors (Lipinski definition) is 2. The number of hydrogen-bond acceptors (Lipinski definition) is 7. The van der Waals surface area contributed by atoms with Gasteiger partial charge in [-0.05, 0) is 69.8 Å². The van der Waals surface area contributed by atoms with E-state index < -0.39 is 16.7 Å². The fourth-order valence-electron chi connectivity index (χ4n) is 5.86. The van der Waals surface area contributed by atoms with Gasteiger partial charge >= 0.3 is 6.61 Å². The van der Waals surface area contributed by atoms with Crippen LogP contribution in [0.15, 0.2) is 58.9 Å². The van der Waals surface area contributed by atoms with E-state index in [2.05, 4.69) is 28.1 Å². The molecule has 2 N–H and O–H groups in total. The van der Waals surface area contributed by atoms with Crippen LogP contribution in [0.4, 0.5) is 8.78 Å². The first-order chi connectivity index (χ1) is 20.1. The normalized spacial score (nSPS) is 19.7. The first kappa shape index (κ1) is 32.0. The Hall–Kier alpha value is -2.88. The predicted octanol–water partition coefficient (Wildman–Crippen LogP) is 6.51. The summed E-state index contributed by atoms with van der Waals surface area (Å²) >= 11 is 1.34. The van der Waals surface area contributed by atoms with Gasteiger partial charge in [-0.1, -0.05) is 42.5 Å². The Morgan fingerprint density at radius 1 is 1.19 bits per heavy atom. The lowest BCUT2D eigenvalue weighted by molar-refractivity contribution is -0.104. The van der Waals surface area contributed by atoms with Crippen LogP contribution >= 0.6 is 11.3 Å². The molecule has 2 fully saturated rings. The SMILES string of the molecule is C#Cc1csc(CNCC[C@@]2(c3ccccn3)CCOC3(CCCC3)C2)c1OC(F)F.Cc1ccc(S(=O)(=O)O)cc1. The molecule has 1 atom stereocenters. The zero-order chi connectivity index (χ0) is 30.2. The highest BCUT2D eigenvalue weighted by Gasteiger charge is 2.48. The molecule has 3 heterocycles. The number of aryl methyl sites for hydroxylation is 1. The Morgan fingerprint density at radius 3 is 2.55 bits per heavy atom. The third-order valence-electron chi connectivity index (χ3n) is 7.94. The van der Waals surface area contributed by atoms with Gasteiger partial charge in [0.1, 0.15) is 0 Å². The van der Waals surface area contributed by atoms with E-state index in [0.29, 0.717) is 17.0 Å². The summed E-state index contributed by atoms with van der Waals surface area (Å²) in [7, 11) is -4.02. The molecule has 1 saturated carbocycles. The minimum absolute atomic E-state index is 0.0243. The number of halogens is 2. The van der Waals surface area contributed by atoms with Crippen LogP contribution in [0.5, 0.6) is 5.75 Å². The molecule has 11 heteroatoms. The number of nitrogens with zero attached hydrogens (tertiary/aromatic N) is 1. The quantitative estimate of drug-likeness (QED) is 0.160. The van der Waals surface area contributed by atoms with E-state index >= 15 is 0 Å². The van der Waals surface area contributed by atoms with Crippen molar-refractivity contribution in [3.63, 3.8) is 0 Å². The third-order valence-corrected chi connectivity index (χ3v) is 9.77. The molecule has 2 aromatic heterocycles. The van der Waals surface area contributed by atoms with Crippen molar-refractivity contribution in [2.24, 2.45) is 0 Å². The summed E-state index contributed by atoms with van der Waals surface area (Å²) in [6, 6.07) is 12.1. The van der Waals surface area contributed by atoms with Crippen molar-refractivity contribution in [2.75, 3.05) is 13.2 Å². The number of nitrogens with one attached hydrogen (secondary N) is 1. The molecule has 1 aromatic carbocycles. The second kappa shape index (κ2) is 14.1. The summed E-state index contributed by atoms with van der Waals surface area (Å²) in [4.78, 5) is 5.35. The summed E-state index contributed by atoms with van der Waals surface area (Å²) in [6.45, 7) is 0.878. The minimum Gasteiger partial charge on any atom is -0.432 e. The molecule has 0 bridgehead atoms. The standard InChI is InChI=1S/C24H28F2N2O2S.C7H8O3S/c1-2-18-16-31-19(21(18)30-22(25)26)15-27-13-10-23(20-7-3-6-12-28-20)11-14-29-24(17-23)8-4-5-9-24;1-6-2-4-7(5-3-6)11(8,9)10/h1,3,6-7,12,16,22,27H,4-5,8-11,13-15,17H2;2-5H,1H3,(H,8,9,10)/t23-;/m1./s1. The third kappa shape index (κ3) is 8.14. The van der Waals surface area contributed by atoms with Gasteiger partial charge in [0, 0.05) is 35.8 Å². The molecular formula is C31H36F2N2O5S2. The number of terminal acetylenes is 1. The molecule has 3 aromatic rings. The first-order valence-electron chi connectivity index (χ1n) is 13.9. The summed E-state index contributed by atoms with van der Waals surface area (Å²) in [5, 5.41) is 5.11. The highest BCUT2D eigenvalue weighted by atomic mass is 32.2. The van der Waals surface area contributed by atoms with Gasteiger partial charge in [0.25, 0.3) is 10.1 Å². The van der Waals surface area contributed by atoms with Crippen molar-refractivity contribution in [1.29, 1.82) is 0 Å². The van der Waals surface area contributed by atoms with E-state index in [1.54, 1.807) is 17.5 Å². The summed E-state index contributed by atoms with van der Waals surface area (Å²) in [5.41, 5.74) is 2.39. The van der Waals surface area contributed by atoms with Crippen molar-refractivity contribution in [2.45, 2.75) is 80.9 Å². The highest BCUT2D eigenvalue weighted by molar-refractivity contribution is 7.85. The number of benzene rings is 1. The van der Waals surface area contributed by atoms with Gasteiger partial charge in [-0.15, -0.1) is 17.8 Å². The molecule has 0 unspecified atom stereocenters. The number of thiophene rings is 1. The molecule has 0 amide bonds. The Balaban J connectivity index is 0.000000310. The summed E-state index contributed by atoms with van der Waals surface area (Å²) in [5.74, 6) is 2.54. The van der Waals surface area contributed by atoms with Gasteiger partial charge in [0.2, 0.25) is 0 Å². The fraction of sp³-hybridized carbons (Fsp3) is 0.452. The average molecular weight is 619 g/mol. The maximum Gasteiger partial charge on any atom is 0.387 e. The Labute approximate surface area is 250 Å². The van der Waals surface area contributed by atoms with Gasteiger partial charge in [-0.3, -0.25) is 9.54 Å². The molecule has 2 aliphatic rings. The first-order valence-corrected chi connectivity index (χ1v) is 16.2. The second-order valence-electron chi connectivity index (χ2n) is 10.8. The van der Waals surface area contributed by atoms with Crippen LogP contribution in [-0.4, -0.2) is 43.3 Å². The van der Waals surface area contributed by atoms with Crippen molar-refractivity contribution < 1.29 is 31.2 Å². The molecule has 1 aliphatic heterocycles. The van der Waals surface area contributed by atoms with Crippen LogP contribution in [-0.2, 0) is 26.8 Å². The maximum absolute atomic E-state index is 12.8. The van der Waals surface area contributed by atoms with E-state index in [1.807, 2.05) is 19.2 Å². The number of alkyl halides is 2. The molecule has 1 saturated heterocycles. The van der Waals surface area contributed by atoms with E-state index in [0.717, 1.165) is 56.5 Å². The van der Waals surface area contributed by atoms with Crippen LogP contribution < -0.4 is 10.1 Å². The van der Waals surface area contributed by atoms with Gasteiger partial charge in [-0.25, -0.2) is 0 Å². The Bertz CT molecular complexity index is 1450. The predicted molar refractivity (Wildman–Crippen MR) is 159 cm³/mol. The Kier molecular flexibility index (Phi) is 10.7. The van der Waals surface area contributed by atoms with Gasteiger partial charge < -0.3 is 14.8 Å². The van der Waals surface area contributed by atoms with Crippen LogP contribution in [0.3, 0.4) is 0 Å². The fourth-order valence-corrected chi connectivity index (χ4v) is 7.23. The summed E-state index contributed by atoms with van der Waals surface area (Å²) in [6.07, 6.45) is 14.8. The van der Waals surface area contributed by atoms with Gasteiger partial charge in [-0.2, -0.15) is 17.2 Å². The largest absolute Gasteiger partial charge is 0.432 e. The lowest BCUT2D eigenvalue weighted by Gasteiger charge is -2.46. The van der Waals surface area contributed by atoms with Crippen LogP contribution in [0.2, 0.25) is 0 Å². The molecule has 5 rings (SSSR count). The average Bonchev–Trinajstić information content (AvgIpc) is 3.57. The van der Waals surface area contributed by atoms with Crippen molar-refractivity contribution >= 4 is 21.5 Å². The van der Waals surface area contributed by atoms with E-state index in [1.165, 1.54) is 36.3 Å². The number of aromatic nitrogens is 1. The zero-order valence-electron chi connectivity index (χ0n) is 23.5. The number of pyridine rings is 1. The number of rotatable bonds is 9. The molecule has 1 aliphatic carbocycles. The molecule has 7 nitrogen and oxygen atoms in total. The maximum atomic E-state index is 12.8. The van der Waals surface area contributed by atoms with Crippen molar-refractivity contribution in [1.82, 2.24) is 10.3 Å². The van der Waals surface area contributed by atoms with Gasteiger partial charge in [0.05, 0.1) is 20.9 Å². The molecule has 0 radical (unpaired) electrons. The lowest BCUT2D eigenvalue weighted by atomic mass is 9.68. The van der Waals surface area contributed by atoms with E-state index in [-0.39, 0.29) is 21.7 Å². The molecular weight excluding hydrogens is 582 g/mol. The minimum atomic E-state index is -4.02. The molecule has 226 valence electrons. The van der Waals surface area contributed by atoms with Crippen LogP contribution in [0.1, 0.15) is 66.6 Å². The molecule has 1 spiro atoms. The van der Waals surface area contributed by atoms with Gasteiger partial charge in [0.15, 0.2) is 5.75 Å². The lowest BCUT2D eigenvalue weighted by Crippen LogP contribution is -2.47. The zero-order valence-corrected chi connectivity index (χ0v) is 25.2. The topological polar surface area (TPSA) is 97.8 Å².